The lowest BCUT2D eigenvalue weighted by atomic mass is 10.1. The number of hydrogen-bond acceptors (Lipinski definition) is 2. The van der Waals surface area contributed by atoms with E-state index in [4.69, 9.17) is 0 Å². The second-order valence-electron chi connectivity index (χ2n) is 3.56. The zero-order valence-electron chi connectivity index (χ0n) is 8.98. The van der Waals surface area contributed by atoms with Gasteiger partial charge in [-0.05, 0) is 31.4 Å². The van der Waals surface area contributed by atoms with Crippen molar-refractivity contribution < 1.29 is 4.79 Å². The molecule has 1 heterocycles. The smallest absolute Gasteiger partial charge is 0.207 e. The van der Waals surface area contributed by atoms with E-state index in [0.29, 0.717) is 0 Å². The zero-order chi connectivity index (χ0) is 10.8. The summed E-state index contributed by atoms with van der Waals surface area (Å²) in [6.45, 7) is 0.799. The molecule has 1 aromatic rings. The molecule has 0 unspecified atom stereocenters. The highest BCUT2D eigenvalue weighted by molar-refractivity contribution is 5.45. The molecule has 0 aromatic carbocycles. The molecule has 0 fully saturated rings. The third kappa shape index (κ3) is 5.83. The number of unbranched alkanes of at least 4 members (excludes halogenated alkanes) is 3. The Labute approximate surface area is 90.9 Å². The molecule has 15 heavy (non-hydrogen) atoms. The lowest BCUT2D eigenvalue weighted by Gasteiger charge is -2.01. The normalized spacial score (nSPS) is 9.87. The number of hydrogen-bond donors (Lipinski definition) is 1. The van der Waals surface area contributed by atoms with Crippen LogP contribution in [0.15, 0.2) is 24.4 Å². The van der Waals surface area contributed by atoms with Crippen molar-refractivity contribution in [1.82, 2.24) is 10.3 Å². The van der Waals surface area contributed by atoms with E-state index in [1.54, 1.807) is 0 Å². The van der Waals surface area contributed by atoms with Gasteiger partial charge in [-0.1, -0.05) is 18.9 Å². The number of carbonyl (C=O) groups is 1. The van der Waals surface area contributed by atoms with Gasteiger partial charge in [-0.3, -0.25) is 9.78 Å². The highest BCUT2D eigenvalue weighted by Crippen LogP contribution is 2.04. The second kappa shape index (κ2) is 7.97. The van der Waals surface area contributed by atoms with Crippen LogP contribution >= 0.6 is 0 Å². The summed E-state index contributed by atoms with van der Waals surface area (Å²) in [4.78, 5) is 14.2. The summed E-state index contributed by atoms with van der Waals surface area (Å²) in [6, 6.07) is 6.03. The Bertz CT molecular complexity index is 262. The fourth-order valence-corrected chi connectivity index (χ4v) is 1.49. The minimum atomic E-state index is 0.758. The van der Waals surface area contributed by atoms with Gasteiger partial charge in [0.1, 0.15) is 0 Å². The van der Waals surface area contributed by atoms with Crippen LogP contribution in [0.4, 0.5) is 0 Å². The Kier molecular flexibility index (Phi) is 6.21. The van der Waals surface area contributed by atoms with Crippen molar-refractivity contribution >= 4 is 6.41 Å². The van der Waals surface area contributed by atoms with Crippen LogP contribution < -0.4 is 5.32 Å². The first kappa shape index (κ1) is 11.7. The Morgan fingerprint density at radius 1 is 1.20 bits per heavy atom. The van der Waals surface area contributed by atoms with Crippen LogP contribution in [0.5, 0.6) is 0 Å². The lowest BCUT2D eigenvalue weighted by molar-refractivity contribution is -0.109. The summed E-state index contributed by atoms with van der Waals surface area (Å²) in [7, 11) is 0. The van der Waals surface area contributed by atoms with E-state index in [2.05, 4.69) is 16.4 Å². The first-order valence-corrected chi connectivity index (χ1v) is 5.50. The average Bonchev–Trinajstić information content (AvgIpc) is 2.29. The van der Waals surface area contributed by atoms with Crippen molar-refractivity contribution in [3.63, 3.8) is 0 Å². The number of nitrogens with zero attached hydrogens (tertiary/aromatic N) is 1. The van der Waals surface area contributed by atoms with Gasteiger partial charge >= 0.3 is 0 Å². The highest BCUT2D eigenvalue weighted by atomic mass is 16.1. The number of aromatic nitrogens is 1. The number of rotatable bonds is 8. The first-order chi connectivity index (χ1) is 7.43. The van der Waals surface area contributed by atoms with Gasteiger partial charge in [-0.25, -0.2) is 0 Å². The van der Waals surface area contributed by atoms with Crippen LogP contribution in [0.2, 0.25) is 0 Å². The quantitative estimate of drug-likeness (QED) is 0.521. The van der Waals surface area contributed by atoms with Gasteiger partial charge in [0.2, 0.25) is 6.41 Å². The highest BCUT2D eigenvalue weighted by Gasteiger charge is 1.93. The molecule has 0 bridgehead atoms. The van der Waals surface area contributed by atoms with Crippen LogP contribution in [0.3, 0.4) is 0 Å². The van der Waals surface area contributed by atoms with E-state index in [-0.39, 0.29) is 0 Å². The largest absolute Gasteiger partial charge is 0.359 e. The Balaban J connectivity index is 1.95. The topological polar surface area (TPSA) is 42.0 Å². The maximum absolute atomic E-state index is 9.96. The SMILES string of the molecule is O=CNCCCCCCc1ccccn1. The summed E-state index contributed by atoms with van der Waals surface area (Å²) in [6.07, 6.45) is 8.28. The predicted octanol–water partition coefficient (Wildman–Crippen LogP) is 1.93. The standard InChI is InChI=1S/C12H18N2O/c15-11-13-9-5-2-1-3-7-12-8-4-6-10-14-12/h4,6,8,10-11H,1-3,5,7,9H2,(H,13,15). The van der Waals surface area contributed by atoms with Crippen LogP contribution in [-0.4, -0.2) is 17.9 Å². The first-order valence-electron chi connectivity index (χ1n) is 5.50. The molecule has 1 aromatic heterocycles. The fourth-order valence-electron chi connectivity index (χ4n) is 1.49. The van der Waals surface area contributed by atoms with Crippen molar-refractivity contribution in [1.29, 1.82) is 0 Å². The molecule has 0 atom stereocenters. The number of nitrogens with one attached hydrogen (secondary N) is 1. The van der Waals surface area contributed by atoms with E-state index >= 15 is 0 Å². The van der Waals surface area contributed by atoms with Crippen molar-refractivity contribution in [3.8, 4) is 0 Å². The number of pyridine rings is 1. The maximum atomic E-state index is 9.96. The molecule has 0 radical (unpaired) electrons. The van der Waals surface area contributed by atoms with Gasteiger partial charge < -0.3 is 5.32 Å². The molecule has 3 heteroatoms. The van der Waals surface area contributed by atoms with Gasteiger partial charge in [0.05, 0.1) is 0 Å². The molecule has 0 aliphatic carbocycles. The molecular weight excluding hydrogens is 188 g/mol. The van der Waals surface area contributed by atoms with Gasteiger partial charge in [0.15, 0.2) is 0 Å². The summed E-state index contributed by atoms with van der Waals surface area (Å²) < 4.78 is 0. The van der Waals surface area contributed by atoms with Crippen LogP contribution in [0.1, 0.15) is 31.4 Å². The summed E-state index contributed by atoms with van der Waals surface area (Å²) in [5.74, 6) is 0. The minimum Gasteiger partial charge on any atom is -0.359 e. The molecule has 1 amide bonds. The third-order valence-electron chi connectivity index (χ3n) is 2.31. The molecule has 0 aliphatic heterocycles. The van der Waals surface area contributed by atoms with Crippen molar-refractivity contribution in [2.45, 2.75) is 32.1 Å². The molecular formula is C12H18N2O. The van der Waals surface area contributed by atoms with Gasteiger partial charge in [0, 0.05) is 18.4 Å². The van der Waals surface area contributed by atoms with Crippen molar-refractivity contribution in [3.05, 3.63) is 30.1 Å². The van der Waals surface area contributed by atoms with E-state index < -0.39 is 0 Å². The second-order valence-corrected chi connectivity index (χ2v) is 3.56. The van der Waals surface area contributed by atoms with Crippen molar-refractivity contribution in [2.24, 2.45) is 0 Å². The van der Waals surface area contributed by atoms with E-state index in [1.807, 2.05) is 18.3 Å². The molecule has 0 spiro atoms. The van der Waals surface area contributed by atoms with Gasteiger partial charge in [0.25, 0.3) is 0 Å². The van der Waals surface area contributed by atoms with Crippen molar-refractivity contribution in [2.75, 3.05) is 6.54 Å². The Morgan fingerprint density at radius 3 is 2.80 bits per heavy atom. The van der Waals surface area contributed by atoms with Gasteiger partial charge in [-0.2, -0.15) is 0 Å². The summed E-state index contributed by atoms with van der Waals surface area (Å²) >= 11 is 0. The molecule has 0 saturated carbocycles. The zero-order valence-corrected chi connectivity index (χ0v) is 8.98. The Hall–Kier alpha value is -1.38. The number of carbonyl (C=O) groups excluding carboxylic acids is 1. The predicted molar refractivity (Wildman–Crippen MR) is 60.5 cm³/mol. The molecule has 1 N–H and O–H groups in total. The van der Waals surface area contributed by atoms with Crippen LogP contribution in [-0.2, 0) is 11.2 Å². The number of aryl methyl sites for hydroxylation is 1. The lowest BCUT2D eigenvalue weighted by Crippen LogP contribution is -2.11. The average molecular weight is 206 g/mol. The van der Waals surface area contributed by atoms with Crippen LogP contribution in [0.25, 0.3) is 0 Å². The summed E-state index contributed by atoms with van der Waals surface area (Å²) in [5, 5.41) is 2.66. The molecule has 3 nitrogen and oxygen atoms in total. The Morgan fingerprint density at radius 2 is 2.07 bits per heavy atom. The molecule has 1 rings (SSSR count). The molecule has 0 saturated heterocycles. The van der Waals surface area contributed by atoms with Crippen LogP contribution in [0, 0.1) is 0 Å². The molecule has 82 valence electrons. The third-order valence-corrected chi connectivity index (χ3v) is 2.31. The van der Waals surface area contributed by atoms with Gasteiger partial charge in [-0.15, -0.1) is 0 Å². The summed E-state index contributed by atoms with van der Waals surface area (Å²) in [5.41, 5.74) is 1.17. The number of amides is 1. The monoisotopic (exact) mass is 206 g/mol. The van der Waals surface area contributed by atoms with E-state index in [0.717, 1.165) is 25.8 Å². The maximum Gasteiger partial charge on any atom is 0.207 e. The van der Waals surface area contributed by atoms with E-state index in [9.17, 15) is 4.79 Å². The molecule has 0 aliphatic rings. The minimum absolute atomic E-state index is 0.758. The fraction of sp³-hybridized carbons (Fsp3) is 0.500. The van der Waals surface area contributed by atoms with E-state index in [1.165, 1.54) is 25.0 Å².